The fraction of sp³-hybridized carbons (Fsp3) is 0.545. The number of imidazole rings is 1. The Kier molecular flexibility index (Phi) is 2.64. The van der Waals surface area contributed by atoms with Gasteiger partial charge in [-0.1, -0.05) is 5.16 Å². The van der Waals surface area contributed by atoms with Crippen LogP contribution in [-0.2, 0) is 18.4 Å². The average molecular weight is 249 g/mol. The Labute approximate surface area is 104 Å². The number of ether oxygens (including phenoxy) is 1. The van der Waals surface area contributed by atoms with Crippen molar-refractivity contribution >= 4 is 0 Å². The van der Waals surface area contributed by atoms with Gasteiger partial charge in [-0.2, -0.15) is 4.98 Å². The maximum absolute atomic E-state index is 5.73. The summed E-state index contributed by atoms with van der Waals surface area (Å²) in [7, 11) is 1.88. The van der Waals surface area contributed by atoms with Gasteiger partial charge in [0, 0.05) is 32.5 Å². The molecule has 18 heavy (non-hydrogen) atoms. The predicted molar refractivity (Wildman–Crippen MR) is 62.6 cm³/mol. The molecule has 96 valence electrons. The van der Waals surface area contributed by atoms with E-state index in [2.05, 4.69) is 27.4 Å². The van der Waals surface area contributed by atoms with Gasteiger partial charge < -0.3 is 19.1 Å². The Morgan fingerprint density at radius 2 is 2.39 bits per heavy atom. The summed E-state index contributed by atoms with van der Waals surface area (Å²) in [6.45, 7) is 4.09. The third-order valence-corrected chi connectivity index (χ3v) is 3.03. The summed E-state index contributed by atoms with van der Waals surface area (Å²) in [5.41, 5.74) is -0.113. The Bertz CT molecular complexity index is 543. The topological polar surface area (TPSA) is 78.0 Å². The summed E-state index contributed by atoms with van der Waals surface area (Å²) < 4.78 is 12.7. The molecule has 0 aromatic carbocycles. The number of rotatable bonds is 4. The lowest BCUT2D eigenvalue weighted by atomic mass is 10.0. The van der Waals surface area contributed by atoms with Gasteiger partial charge in [0.1, 0.15) is 6.61 Å². The second kappa shape index (κ2) is 4.18. The van der Waals surface area contributed by atoms with Crippen LogP contribution in [-0.4, -0.2) is 38.4 Å². The third kappa shape index (κ3) is 2.02. The van der Waals surface area contributed by atoms with Crippen LogP contribution in [0.15, 0.2) is 16.9 Å². The molecule has 0 aliphatic carbocycles. The number of aromatic nitrogens is 4. The van der Waals surface area contributed by atoms with E-state index in [9.17, 15) is 0 Å². The molecule has 0 saturated carbocycles. The molecule has 0 radical (unpaired) electrons. The molecule has 7 heteroatoms. The molecule has 2 aromatic rings. The van der Waals surface area contributed by atoms with Gasteiger partial charge in [-0.15, -0.1) is 0 Å². The Hall–Kier alpha value is -1.73. The lowest BCUT2D eigenvalue weighted by molar-refractivity contribution is -0.0841. The first-order valence-corrected chi connectivity index (χ1v) is 5.81. The zero-order valence-electron chi connectivity index (χ0n) is 10.4. The molecule has 0 bridgehead atoms. The molecule has 1 fully saturated rings. The van der Waals surface area contributed by atoms with Crippen LogP contribution in [0.2, 0.25) is 0 Å². The average Bonchev–Trinajstić information content (AvgIpc) is 2.92. The van der Waals surface area contributed by atoms with Gasteiger partial charge >= 0.3 is 0 Å². The third-order valence-electron chi connectivity index (χ3n) is 3.03. The van der Waals surface area contributed by atoms with Gasteiger partial charge in [0.15, 0.2) is 5.82 Å². The van der Waals surface area contributed by atoms with Crippen LogP contribution in [0.3, 0.4) is 0 Å². The smallest absolute Gasteiger partial charge is 0.253 e. The van der Waals surface area contributed by atoms with Crippen LogP contribution in [0.25, 0.3) is 11.6 Å². The fourth-order valence-corrected chi connectivity index (χ4v) is 1.80. The van der Waals surface area contributed by atoms with Crippen molar-refractivity contribution in [3.8, 4) is 11.6 Å². The van der Waals surface area contributed by atoms with Crippen LogP contribution < -0.4 is 5.32 Å². The normalized spacial score (nSPS) is 17.7. The van der Waals surface area contributed by atoms with Gasteiger partial charge in [-0.3, -0.25) is 0 Å². The van der Waals surface area contributed by atoms with E-state index < -0.39 is 0 Å². The molecule has 3 rings (SSSR count). The molecule has 1 aliphatic heterocycles. The van der Waals surface area contributed by atoms with Crippen LogP contribution in [0, 0.1) is 0 Å². The lowest BCUT2D eigenvalue weighted by Gasteiger charge is -2.38. The minimum atomic E-state index is -0.113. The van der Waals surface area contributed by atoms with Gasteiger partial charge in [-0.05, 0) is 6.92 Å². The molecule has 1 N–H and O–H groups in total. The summed E-state index contributed by atoms with van der Waals surface area (Å²) in [5, 5.41) is 7.07. The monoisotopic (exact) mass is 249 g/mol. The molecule has 7 nitrogen and oxygen atoms in total. The van der Waals surface area contributed by atoms with Crippen LogP contribution in [0.5, 0.6) is 0 Å². The Balaban J connectivity index is 1.68. The van der Waals surface area contributed by atoms with Crippen molar-refractivity contribution in [2.75, 3.05) is 13.1 Å². The first kappa shape index (κ1) is 11.4. The summed E-state index contributed by atoms with van der Waals surface area (Å²) >= 11 is 0. The van der Waals surface area contributed by atoms with E-state index in [1.807, 2.05) is 17.8 Å². The van der Waals surface area contributed by atoms with Gasteiger partial charge in [0.05, 0.1) is 5.60 Å². The Morgan fingerprint density at radius 1 is 1.56 bits per heavy atom. The summed E-state index contributed by atoms with van der Waals surface area (Å²) in [4.78, 5) is 8.43. The quantitative estimate of drug-likeness (QED) is 0.842. The van der Waals surface area contributed by atoms with Gasteiger partial charge in [0.2, 0.25) is 5.82 Å². The van der Waals surface area contributed by atoms with Crippen LogP contribution >= 0.6 is 0 Å². The van der Waals surface area contributed by atoms with Gasteiger partial charge in [0.25, 0.3) is 5.89 Å². The molecule has 1 aliphatic rings. The van der Waals surface area contributed by atoms with E-state index in [-0.39, 0.29) is 5.60 Å². The minimum absolute atomic E-state index is 0.113. The second-order valence-corrected chi connectivity index (χ2v) is 4.72. The van der Waals surface area contributed by atoms with Crippen molar-refractivity contribution in [3.63, 3.8) is 0 Å². The largest absolute Gasteiger partial charge is 0.363 e. The van der Waals surface area contributed by atoms with Crippen molar-refractivity contribution in [1.82, 2.24) is 25.0 Å². The fourth-order valence-electron chi connectivity index (χ4n) is 1.80. The highest BCUT2D eigenvalue weighted by atomic mass is 16.5. The molecular formula is C11H15N5O2. The summed E-state index contributed by atoms with van der Waals surface area (Å²) in [6.07, 6.45) is 3.53. The number of nitrogens with one attached hydrogen (secondary N) is 1. The van der Waals surface area contributed by atoms with Gasteiger partial charge in [-0.25, -0.2) is 4.98 Å². The number of hydrogen-bond donors (Lipinski definition) is 1. The SMILES string of the molecule is Cn1ccnc1-c1noc(COC2(C)CNC2)n1. The van der Waals surface area contributed by atoms with E-state index in [4.69, 9.17) is 9.26 Å². The van der Waals surface area contributed by atoms with Crippen molar-refractivity contribution < 1.29 is 9.26 Å². The molecule has 3 heterocycles. The Morgan fingerprint density at radius 3 is 3.00 bits per heavy atom. The molecule has 1 saturated heterocycles. The first-order valence-electron chi connectivity index (χ1n) is 5.81. The number of nitrogens with zero attached hydrogens (tertiary/aromatic N) is 4. The van der Waals surface area contributed by atoms with E-state index in [0.717, 1.165) is 13.1 Å². The standard InChI is InChI=1S/C11H15N5O2/c1-11(6-12-7-11)17-5-8-14-9(15-18-8)10-13-3-4-16(10)2/h3-4,12H,5-7H2,1-2H3. The number of aryl methyl sites for hydroxylation is 1. The zero-order chi connectivity index (χ0) is 12.6. The summed E-state index contributed by atoms with van der Waals surface area (Å²) in [6, 6.07) is 0. The molecule has 0 amide bonds. The van der Waals surface area contributed by atoms with E-state index in [1.165, 1.54) is 0 Å². The van der Waals surface area contributed by atoms with Crippen molar-refractivity contribution in [3.05, 3.63) is 18.3 Å². The molecule has 0 atom stereocenters. The zero-order valence-corrected chi connectivity index (χ0v) is 10.4. The van der Waals surface area contributed by atoms with E-state index >= 15 is 0 Å². The van der Waals surface area contributed by atoms with Crippen LogP contribution in [0.4, 0.5) is 0 Å². The highest BCUT2D eigenvalue weighted by Crippen LogP contribution is 2.18. The molecule has 0 unspecified atom stereocenters. The maximum Gasteiger partial charge on any atom is 0.253 e. The van der Waals surface area contributed by atoms with Crippen molar-refractivity contribution in [2.24, 2.45) is 7.05 Å². The molecule has 0 spiro atoms. The van der Waals surface area contributed by atoms with Crippen molar-refractivity contribution in [1.29, 1.82) is 0 Å². The first-order chi connectivity index (χ1) is 8.66. The highest BCUT2D eigenvalue weighted by molar-refractivity contribution is 5.42. The second-order valence-electron chi connectivity index (χ2n) is 4.72. The highest BCUT2D eigenvalue weighted by Gasteiger charge is 2.33. The van der Waals surface area contributed by atoms with Crippen LogP contribution in [0.1, 0.15) is 12.8 Å². The van der Waals surface area contributed by atoms with E-state index in [0.29, 0.717) is 24.1 Å². The lowest BCUT2D eigenvalue weighted by Crippen LogP contribution is -2.58. The summed E-state index contributed by atoms with van der Waals surface area (Å²) in [5.74, 6) is 1.64. The number of hydrogen-bond acceptors (Lipinski definition) is 6. The minimum Gasteiger partial charge on any atom is -0.363 e. The maximum atomic E-state index is 5.73. The molecule has 2 aromatic heterocycles. The predicted octanol–water partition coefficient (Wildman–Crippen LogP) is 0.349. The van der Waals surface area contributed by atoms with Crippen molar-refractivity contribution in [2.45, 2.75) is 19.1 Å². The molecular weight excluding hydrogens is 234 g/mol. The van der Waals surface area contributed by atoms with E-state index in [1.54, 1.807) is 6.20 Å².